The molecular weight excluding hydrogens is 356 g/mol. The van der Waals surface area contributed by atoms with E-state index in [2.05, 4.69) is 5.32 Å². The van der Waals surface area contributed by atoms with Crippen LogP contribution in [0, 0.1) is 0 Å². The highest BCUT2D eigenvalue weighted by molar-refractivity contribution is 6.26. The lowest BCUT2D eigenvalue weighted by atomic mass is 9.84. The second kappa shape index (κ2) is 7.03. The molecule has 6 nitrogen and oxygen atoms in total. The quantitative estimate of drug-likeness (QED) is 0.787. The molecule has 1 fully saturated rings. The third-order valence-electron chi connectivity index (χ3n) is 5.35. The highest BCUT2D eigenvalue weighted by Gasteiger charge is 2.40. The molecule has 144 valence electrons. The molecule has 4 rings (SSSR count). The van der Waals surface area contributed by atoms with Gasteiger partial charge in [-0.05, 0) is 24.3 Å². The molecule has 1 saturated heterocycles. The van der Waals surface area contributed by atoms with Crippen molar-refractivity contribution in [2.45, 2.75) is 25.4 Å². The van der Waals surface area contributed by atoms with Gasteiger partial charge in [-0.2, -0.15) is 0 Å². The summed E-state index contributed by atoms with van der Waals surface area (Å²) in [6.45, 7) is 2.74. The van der Waals surface area contributed by atoms with Gasteiger partial charge in [0.05, 0.1) is 11.3 Å². The van der Waals surface area contributed by atoms with Crippen molar-refractivity contribution in [1.29, 1.82) is 0 Å². The predicted molar refractivity (Wildman–Crippen MR) is 106 cm³/mol. The lowest BCUT2D eigenvalue weighted by Gasteiger charge is -2.42. The van der Waals surface area contributed by atoms with E-state index >= 15 is 0 Å². The van der Waals surface area contributed by atoms with Crippen molar-refractivity contribution in [3.8, 4) is 11.5 Å². The minimum absolute atomic E-state index is 0.0151. The summed E-state index contributed by atoms with van der Waals surface area (Å²) in [7, 11) is 0. The highest BCUT2D eigenvalue weighted by Crippen LogP contribution is 2.41. The molecule has 2 aromatic rings. The van der Waals surface area contributed by atoms with Crippen LogP contribution in [0.25, 0.3) is 5.57 Å². The molecule has 6 heteroatoms. The third-order valence-corrected chi connectivity index (χ3v) is 5.35. The first-order valence-electron chi connectivity index (χ1n) is 9.34. The van der Waals surface area contributed by atoms with E-state index in [1.807, 2.05) is 30.3 Å². The summed E-state index contributed by atoms with van der Waals surface area (Å²) in [5.74, 6) is 0.420. The van der Waals surface area contributed by atoms with Gasteiger partial charge in [0, 0.05) is 38.4 Å². The first kappa shape index (κ1) is 18.1. The van der Waals surface area contributed by atoms with Gasteiger partial charge in [-0.1, -0.05) is 30.3 Å². The molecule has 0 unspecified atom stereocenters. The number of anilines is 1. The molecular formula is C22H22N2O4. The van der Waals surface area contributed by atoms with Crippen LogP contribution in [0.3, 0.4) is 0 Å². The van der Waals surface area contributed by atoms with Crippen molar-refractivity contribution in [1.82, 2.24) is 4.90 Å². The molecule has 2 amide bonds. The molecule has 0 radical (unpaired) electrons. The van der Waals surface area contributed by atoms with Crippen LogP contribution in [0.5, 0.6) is 11.5 Å². The molecule has 0 aliphatic carbocycles. The number of amides is 2. The topological polar surface area (TPSA) is 78.9 Å². The van der Waals surface area contributed by atoms with Gasteiger partial charge in [0.1, 0.15) is 17.1 Å². The molecule has 0 aromatic heterocycles. The minimum Gasteiger partial charge on any atom is -0.506 e. The number of ether oxygens (including phenoxy) is 1. The summed E-state index contributed by atoms with van der Waals surface area (Å²) in [5.41, 5.74) is 0.973. The second-order valence-corrected chi connectivity index (χ2v) is 7.20. The summed E-state index contributed by atoms with van der Waals surface area (Å²) in [5, 5.41) is 12.8. The monoisotopic (exact) mass is 378 g/mol. The Balaban J connectivity index is 1.67. The van der Waals surface area contributed by atoms with Crippen molar-refractivity contribution >= 4 is 23.1 Å². The fourth-order valence-electron chi connectivity index (χ4n) is 3.77. The number of carbonyl (C=O) groups excluding carboxylic acids is 2. The highest BCUT2D eigenvalue weighted by atomic mass is 16.5. The zero-order chi connectivity index (χ0) is 19.7. The number of piperidine rings is 1. The van der Waals surface area contributed by atoms with Gasteiger partial charge in [-0.15, -0.1) is 0 Å². The molecule has 0 bridgehead atoms. The molecule has 2 heterocycles. The second-order valence-electron chi connectivity index (χ2n) is 7.20. The van der Waals surface area contributed by atoms with E-state index in [0.717, 1.165) is 5.56 Å². The predicted octanol–water partition coefficient (Wildman–Crippen LogP) is 3.19. The van der Waals surface area contributed by atoms with E-state index in [1.165, 1.54) is 6.07 Å². The Morgan fingerprint density at radius 2 is 1.75 bits per heavy atom. The summed E-state index contributed by atoms with van der Waals surface area (Å²) < 4.78 is 6.30. The van der Waals surface area contributed by atoms with Gasteiger partial charge in [0.25, 0.3) is 5.91 Å². The SMILES string of the molecule is CC(=O)N1CCC2(C=C(C(=O)Nc3ccccc3O)c3ccccc3O2)CC1. The molecule has 0 atom stereocenters. The Morgan fingerprint density at radius 3 is 2.46 bits per heavy atom. The summed E-state index contributed by atoms with van der Waals surface area (Å²) in [6, 6.07) is 14.1. The lowest BCUT2D eigenvalue weighted by Crippen LogP contribution is -2.49. The van der Waals surface area contributed by atoms with Crippen LogP contribution in [0.4, 0.5) is 5.69 Å². The van der Waals surface area contributed by atoms with Gasteiger partial charge in [0.15, 0.2) is 0 Å². The maximum Gasteiger partial charge on any atom is 0.256 e. The number of nitrogens with zero attached hydrogens (tertiary/aromatic N) is 1. The molecule has 2 aromatic carbocycles. The largest absolute Gasteiger partial charge is 0.506 e. The number of carbonyl (C=O) groups is 2. The Morgan fingerprint density at radius 1 is 1.07 bits per heavy atom. The first-order chi connectivity index (χ1) is 13.5. The number of benzene rings is 2. The maximum absolute atomic E-state index is 13.1. The maximum atomic E-state index is 13.1. The Hall–Kier alpha value is -3.28. The number of phenols is 1. The van der Waals surface area contributed by atoms with Crippen molar-refractivity contribution in [2.75, 3.05) is 18.4 Å². The van der Waals surface area contributed by atoms with Crippen LogP contribution >= 0.6 is 0 Å². The summed E-state index contributed by atoms with van der Waals surface area (Å²) >= 11 is 0. The number of rotatable bonds is 2. The standard InChI is InChI=1S/C22H22N2O4/c1-15(25)24-12-10-22(11-13-24)14-17(16-6-2-5-9-20(16)28-22)21(27)23-18-7-3-4-8-19(18)26/h2-9,14,26H,10-13H2,1H3,(H,23,27). The van der Waals surface area contributed by atoms with Gasteiger partial charge in [-0.3, -0.25) is 9.59 Å². The number of aromatic hydroxyl groups is 1. The number of likely N-dealkylation sites (tertiary alicyclic amines) is 1. The van der Waals surface area contributed by atoms with E-state index < -0.39 is 5.60 Å². The normalized spacial score (nSPS) is 17.3. The van der Waals surface area contributed by atoms with Crippen molar-refractivity contribution in [3.05, 3.63) is 60.2 Å². The van der Waals surface area contributed by atoms with E-state index in [1.54, 1.807) is 30.0 Å². The van der Waals surface area contributed by atoms with Crippen LogP contribution < -0.4 is 10.1 Å². The molecule has 0 saturated carbocycles. The van der Waals surface area contributed by atoms with E-state index in [-0.39, 0.29) is 17.6 Å². The van der Waals surface area contributed by atoms with E-state index in [9.17, 15) is 14.7 Å². The number of para-hydroxylation sites is 3. The van der Waals surface area contributed by atoms with Crippen LogP contribution in [-0.4, -0.2) is 40.5 Å². The number of hydrogen-bond acceptors (Lipinski definition) is 4. The zero-order valence-corrected chi connectivity index (χ0v) is 15.6. The molecule has 28 heavy (non-hydrogen) atoms. The number of hydrogen-bond donors (Lipinski definition) is 2. The Bertz CT molecular complexity index is 959. The van der Waals surface area contributed by atoms with Crippen molar-refractivity contribution in [3.63, 3.8) is 0 Å². The summed E-state index contributed by atoms with van der Waals surface area (Å²) in [4.78, 5) is 26.5. The fraction of sp³-hybridized carbons (Fsp3) is 0.273. The average Bonchev–Trinajstić information content (AvgIpc) is 2.69. The van der Waals surface area contributed by atoms with Gasteiger partial charge in [0.2, 0.25) is 5.91 Å². The minimum atomic E-state index is -0.619. The smallest absolute Gasteiger partial charge is 0.256 e. The molecule has 2 aliphatic rings. The number of nitrogens with one attached hydrogen (secondary N) is 1. The molecule has 1 spiro atoms. The van der Waals surface area contributed by atoms with Crippen LogP contribution in [-0.2, 0) is 9.59 Å². The Labute approximate surface area is 163 Å². The van der Waals surface area contributed by atoms with Gasteiger partial charge < -0.3 is 20.1 Å². The zero-order valence-electron chi connectivity index (χ0n) is 15.6. The number of fused-ring (bicyclic) bond motifs is 1. The van der Waals surface area contributed by atoms with Crippen molar-refractivity contribution in [2.24, 2.45) is 0 Å². The van der Waals surface area contributed by atoms with Crippen LogP contribution in [0.2, 0.25) is 0 Å². The fourth-order valence-corrected chi connectivity index (χ4v) is 3.77. The van der Waals surface area contributed by atoms with Crippen LogP contribution in [0.1, 0.15) is 25.3 Å². The molecule has 2 N–H and O–H groups in total. The average molecular weight is 378 g/mol. The first-order valence-corrected chi connectivity index (χ1v) is 9.34. The number of phenolic OH excluding ortho intramolecular Hbond substituents is 1. The van der Waals surface area contributed by atoms with Crippen molar-refractivity contribution < 1.29 is 19.4 Å². The van der Waals surface area contributed by atoms with Gasteiger partial charge >= 0.3 is 0 Å². The van der Waals surface area contributed by atoms with Gasteiger partial charge in [-0.25, -0.2) is 0 Å². The van der Waals surface area contributed by atoms with Crippen LogP contribution in [0.15, 0.2) is 54.6 Å². The summed E-state index contributed by atoms with van der Waals surface area (Å²) in [6.07, 6.45) is 3.12. The molecule has 2 aliphatic heterocycles. The third kappa shape index (κ3) is 3.33. The van der Waals surface area contributed by atoms with E-state index in [0.29, 0.717) is 42.9 Å². The lowest BCUT2D eigenvalue weighted by molar-refractivity contribution is -0.131. The van der Waals surface area contributed by atoms with E-state index in [4.69, 9.17) is 4.74 Å². The Kier molecular flexibility index (Phi) is 4.55.